The van der Waals surface area contributed by atoms with Gasteiger partial charge in [-0.25, -0.2) is 0 Å². The van der Waals surface area contributed by atoms with E-state index in [0.29, 0.717) is 25.0 Å². The summed E-state index contributed by atoms with van der Waals surface area (Å²) in [6, 6.07) is 7.61. The quantitative estimate of drug-likeness (QED) is 0.863. The number of rotatable bonds is 4. The molecule has 0 saturated carbocycles. The highest BCUT2D eigenvalue weighted by Crippen LogP contribution is 2.35. The van der Waals surface area contributed by atoms with Crippen LogP contribution in [-0.4, -0.2) is 24.2 Å². The Labute approximate surface area is 125 Å². The summed E-state index contributed by atoms with van der Waals surface area (Å²) in [6.45, 7) is 4.37. The molecule has 112 valence electrons. The number of para-hydroxylation sites is 1. The van der Waals surface area contributed by atoms with Crippen LogP contribution in [0.5, 0.6) is 5.75 Å². The van der Waals surface area contributed by atoms with Crippen LogP contribution in [0.3, 0.4) is 0 Å². The molecular weight excluding hydrogens is 266 g/mol. The summed E-state index contributed by atoms with van der Waals surface area (Å²) in [6.07, 6.45) is 2.43. The van der Waals surface area contributed by atoms with Crippen LogP contribution in [0.2, 0.25) is 0 Å². The number of Topliss-reactive ketones (excluding diaryl/α,β-unsaturated/α-hetero) is 1. The second-order valence-electron chi connectivity index (χ2n) is 6.08. The molecule has 0 aromatic heterocycles. The third kappa shape index (κ3) is 3.72. The Hall–Kier alpha value is -2.10. The highest BCUT2D eigenvalue weighted by Gasteiger charge is 2.32. The van der Waals surface area contributed by atoms with Gasteiger partial charge in [-0.15, -0.1) is 0 Å². The number of hydrogen-bond donors (Lipinski definition) is 1. The van der Waals surface area contributed by atoms with Crippen molar-refractivity contribution in [1.82, 2.24) is 0 Å². The van der Waals surface area contributed by atoms with Crippen LogP contribution in [0.1, 0.15) is 32.3 Å². The van der Waals surface area contributed by atoms with Crippen LogP contribution in [0.25, 0.3) is 0 Å². The van der Waals surface area contributed by atoms with Crippen molar-refractivity contribution in [3.63, 3.8) is 0 Å². The largest absolute Gasteiger partial charge is 0.511 e. The number of benzene rings is 1. The van der Waals surface area contributed by atoms with Gasteiger partial charge >= 0.3 is 0 Å². The Morgan fingerprint density at radius 2 is 2.05 bits per heavy atom. The van der Waals surface area contributed by atoms with Crippen molar-refractivity contribution in [2.24, 2.45) is 10.4 Å². The van der Waals surface area contributed by atoms with Gasteiger partial charge in [0.15, 0.2) is 5.78 Å². The fourth-order valence-electron chi connectivity index (χ4n) is 2.52. The molecule has 0 spiro atoms. The van der Waals surface area contributed by atoms with Crippen molar-refractivity contribution in [2.45, 2.75) is 33.2 Å². The van der Waals surface area contributed by atoms with Crippen molar-refractivity contribution in [1.29, 1.82) is 0 Å². The van der Waals surface area contributed by atoms with Gasteiger partial charge in [0.25, 0.3) is 0 Å². The molecule has 4 heteroatoms. The first-order valence-electron chi connectivity index (χ1n) is 7.00. The molecule has 0 atom stereocenters. The number of allylic oxidation sites excluding steroid dienone is 2. The molecule has 1 aromatic carbocycles. The SMILES string of the molecule is COc1ccccc1CN=CC1=C(O)CC(C)(C)CC1=O. The van der Waals surface area contributed by atoms with E-state index >= 15 is 0 Å². The molecule has 0 heterocycles. The lowest BCUT2D eigenvalue weighted by Crippen LogP contribution is -2.26. The predicted molar refractivity (Wildman–Crippen MR) is 82.9 cm³/mol. The van der Waals surface area contributed by atoms with Gasteiger partial charge in [-0.1, -0.05) is 32.0 Å². The van der Waals surface area contributed by atoms with Gasteiger partial charge in [-0.3, -0.25) is 9.79 Å². The Kier molecular flexibility index (Phi) is 4.46. The first kappa shape index (κ1) is 15.3. The Bertz CT molecular complexity index is 600. The van der Waals surface area contributed by atoms with Crippen LogP contribution >= 0.6 is 0 Å². The maximum Gasteiger partial charge on any atom is 0.168 e. The van der Waals surface area contributed by atoms with Gasteiger partial charge < -0.3 is 9.84 Å². The summed E-state index contributed by atoms with van der Waals surface area (Å²) in [5.41, 5.74) is 1.10. The first-order valence-corrected chi connectivity index (χ1v) is 7.00. The lowest BCUT2D eigenvalue weighted by molar-refractivity contribution is -0.117. The number of aliphatic hydroxyl groups excluding tert-OH is 1. The van der Waals surface area contributed by atoms with Crippen molar-refractivity contribution in [3.8, 4) is 5.75 Å². The number of carbonyl (C=O) groups is 1. The summed E-state index contributed by atoms with van der Waals surface area (Å²) < 4.78 is 5.26. The lowest BCUT2D eigenvalue weighted by Gasteiger charge is -2.28. The van der Waals surface area contributed by atoms with Crippen LogP contribution < -0.4 is 4.74 Å². The zero-order valence-electron chi connectivity index (χ0n) is 12.7. The van der Waals surface area contributed by atoms with E-state index in [-0.39, 0.29) is 17.0 Å². The number of methoxy groups -OCH3 is 1. The first-order chi connectivity index (χ1) is 9.93. The number of aliphatic hydroxyl groups is 1. The molecule has 4 nitrogen and oxygen atoms in total. The van der Waals surface area contributed by atoms with Crippen LogP contribution in [-0.2, 0) is 11.3 Å². The summed E-state index contributed by atoms with van der Waals surface area (Å²) >= 11 is 0. The molecule has 0 radical (unpaired) electrons. The van der Waals surface area contributed by atoms with E-state index in [4.69, 9.17) is 4.74 Å². The molecule has 2 rings (SSSR count). The standard InChI is InChI=1S/C17H21NO3/c1-17(2)8-14(19)13(15(20)9-17)11-18-10-12-6-4-5-7-16(12)21-3/h4-7,11,19H,8-10H2,1-3H3. The zero-order valence-corrected chi connectivity index (χ0v) is 12.7. The van der Waals surface area contributed by atoms with Gasteiger partial charge in [-0.05, 0) is 11.5 Å². The number of hydrogen-bond acceptors (Lipinski definition) is 4. The third-order valence-electron chi connectivity index (χ3n) is 3.57. The summed E-state index contributed by atoms with van der Waals surface area (Å²) in [7, 11) is 1.61. The molecule has 1 aliphatic rings. The summed E-state index contributed by atoms with van der Waals surface area (Å²) in [4.78, 5) is 16.3. The average molecular weight is 287 g/mol. The highest BCUT2D eigenvalue weighted by molar-refractivity contribution is 6.14. The molecule has 0 bridgehead atoms. The molecule has 0 unspecified atom stereocenters. The van der Waals surface area contributed by atoms with Gasteiger partial charge in [-0.2, -0.15) is 0 Å². The lowest BCUT2D eigenvalue weighted by atomic mass is 9.77. The Balaban J connectivity index is 2.13. The third-order valence-corrected chi connectivity index (χ3v) is 3.57. The summed E-state index contributed by atoms with van der Waals surface area (Å²) in [5, 5.41) is 10.0. The van der Waals surface area contributed by atoms with Crippen LogP contribution in [0.4, 0.5) is 0 Å². The number of ether oxygens (including phenoxy) is 1. The molecule has 0 saturated heterocycles. The number of carbonyl (C=O) groups excluding carboxylic acids is 1. The fraction of sp³-hybridized carbons (Fsp3) is 0.412. The van der Waals surface area contributed by atoms with Crippen molar-refractivity contribution in [3.05, 3.63) is 41.2 Å². The molecule has 0 amide bonds. The Morgan fingerprint density at radius 1 is 1.33 bits per heavy atom. The van der Waals surface area contributed by atoms with E-state index in [9.17, 15) is 9.90 Å². The van der Waals surface area contributed by atoms with Gasteiger partial charge in [0.2, 0.25) is 0 Å². The van der Waals surface area contributed by atoms with Crippen LogP contribution in [0.15, 0.2) is 40.6 Å². The van der Waals surface area contributed by atoms with E-state index in [1.807, 2.05) is 38.1 Å². The molecular formula is C17H21NO3. The monoisotopic (exact) mass is 287 g/mol. The smallest absolute Gasteiger partial charge is 0.168 e. The van der Waals surface area contributed by atoms with Gasteiger partial charge in [0, 0.05) is 24.6 Å². The predicted octanol–water partition coefficient (Wildman–Crippen LogP) is 3.47. The number of aliphatic imine (C=N–C) groups is 1. The minimum absolute atomic E-state index is 0.0486. The topological polar surface area (TPSA) is 58.9 Å². The highest BCUT2D eigenvalue weighted by atomic mass is 16.5. The van der Waals surface area contributed by atoms with E-state index in [1.165, 1.54) is 6.21 Å². The van der Waals surface area contributed by atoms with Crippen molar-refractivity contribution in [2.75, 3.05) is 7.11 Å². The van der Waals surface area contributed by atoms with Gasteiger partial charge in [0.05, 0.1) is 19.2 Å². The van der Waals surface area contributed by atoms with E-state index in [1.54, 1.807) is 7.11 Å². The van der Waals surface area contributed by atoms with Crippen molar-refractivity contribution >= 4 is 12.0 Å². The van der Waals surface area contributed by atoms with E-state index in [2.05, 4.69) is 4.99 Å². The van der Waals surface area contributed by atoms with Crippen molar-refractivity contribution < 1.29 is 14.6 Å². The van der Waals surface area contributed by atoms with Gasteiger partial charge in [0.1, 0.15) is 11.5 Å². The normalized spacial score (nSPS) is 18.3. The van der Waals surface area contributed by atoms with E-state index in [0.717, 1.165) is 11.3 Å². The molecule has 0 aliphatic heterocycles. The van der Waals surface area contributed by atoms with E-state index < -0.39 is 0 Å². The molecule has 1 aromatic rings. The second-order valence-corrected chi connectivity index (χ2v) is 6.08. The maximum absolute atomic E-state index is 12.1. The number of ketones is 1. The average Bonchev–Trinajstić information content (AvgIpc) is 2.41. The summed E-state index contributed by atoms with van der Waals surface area (Å²) in [5.74, 6) is 0.858. The molecule has 1 aliphatic carbocycles. The number of nitrogens with zero attached hydrogens (tertiary/aromatic N) is 1. The second kappa shape index (κ2) is 6.12. The Morgan fingerprint density at radius 3 is 2.71 bits per heavy atom. The molecule has 21 heavy (non-hydrogen) atoms. The van der Waals surface area contributed by atoms with Crippen LogP contribution in [0, 0.1) is 5.41 Å². The molecule has 0 fully saturated rings. The fourth-order valence-corrected chi connectivity index (χ4v) is 2.52. The minimum Gasteiger partial charge on any atom is -0.511 e. The maximum atomic E-state index is 12.1. The minimum atomic E-state index is -0.179. The zero-order chi connectivity index (χ0) is 15.5. The molecule has 1 N–H and O–H groups in total.